The Morgan fingerprint density at radius 2 is 1.86 bits per heavy atom. The quantitative estimate of drug-likeness (QED) is 0.809. The molecule has 1 saturated heterocycles. The molecule has 2 aliphatic heterocycles. The van der Waals surface area contributed by atoms with Gasteiger partial charge in [-0.05, 0) is 56.4 Å². The zero-order valence-corrected chi connectivity index (χ0v) is 17.8. The highest BCUT2D eigenvalue weighted by molar-refractivity contribution is 5.80. The maximum Gasteiger partial charge on any atom is 0.229 e. The number of ether oxygens (including phenoxy) is 2. The SMILES string of the molecule is CCN(CC)C(=O)C1CN2CCc3cc(OC)c(OC)cc3C2CC1(O)CC. The van der Waals surface area contributed by atoms with Crippen molar-refractivity contribution >= 4 is 5.91 Å². The van der Waals surface area contributed by atoms with Gasteiger partial charge in [-0.2, -0.15) is 0 Å². The van der Waals surface area contributed by atoms with Crippen LogP contribution in [0.25, 0.3) is 0 Å². The molecule has 28 heavy (non-hydrogen) atoms. The molecule has 2 heterocycles. The van der Waals surface area contributed by atoms with Crippen molar-refractivity contribution < 1.29 is 19.4 Å². The van der Waals surface area contributed by atoms with Crippen molar-refractivity contribution in [3.63, 3.8) is 0 Å². The van der Waals surface area contributed by atoms with E-state index < -0.39 is 5.60 Å². The molecule has 3 atom stereocenters. The molecule has 1 N–H and O–H groups in total. The molecule has 0 spiro atoms. The summed E-state index contributed by atoms with van der Waals surface area (Å²) in [5, 5.41) is 11.5. The number of amides is 1. The second kappa shape index (κ2) is 8.29. The van der Waals surface area contributed by atoms with E-state index in [0.29, 0.717) is 38.2 Å². The Labute approximate surface area is 168 Å². The van der Waals surface area contributed by atoms with Gasteiger partial charge in [0.15, 0.2) is 11.5 Å². The lowest BCUT2D eigenvalue weighted by atomic mass is 9.72. The molecule has 156 valence electrons. The summed E-state index contributed by atoms with van der Waals surface area (Å²) in [6, 6.07) is 4.20. The van der Waals surface area contributed by atoms with Crippen LogP contribution in [0.1, 0.15) is 50.8 Å². The van der Waals surface area contributed by atoms with Crippen LogP contribution in [0.4, 0.5) is 0 Å². The van der Waals surface area contributed by atoms with Crippen LogP contribution in [0.2, 0.25) is 0 Å². The van der Waals surface area contributed by atoms with Crippen LogP contribution >= 0.6 is 0 Å². The lowest BCUT2D eigenvalue weighted by molar-refractivity contribution is -0.157. The van der Waals surface area contributed by atoms with Crippen molar-refractivity contribution in [2.24, 2.45) is 5.92 Å². The van der Waals surface area contributed by atoms with E-state index in [1.165, 1.54) is 11.1 Å². The molecule has 0 bridgehead atoms. The number of carbonyl (C=O) groups is 1. The second-order valence-electron chi connectivity index (χ2n) is 7.89. The normalized spacial score (nSPS) is 26.9. The fourth-order valence-corrected chi connectivity index (χ4v) is 4.87. The smallest absolute Gasteiger partial charge is 0.229 e. The molecule has 0 aliphatic carbocycles. The molecule has 1 amide bonds. The standard InChI is InChI=1S/C22H34N2O4/c1-6-22(26)13-18-16-12-20(28-5)19(27-4)11-15(16)9-10-24(18)14-17(22)21(25)23(7-2)8-3/h11-12,17-18,26H,6-10,13-14H2,1-5H3. The summed E-state index contributed by atoms with van der Waals surface area (Å²) in [6.07, 6.45) is 2.03. The molecule has 1 aromatic carbocycles. The van der Waals surface area contributed by atoms with E-state index in [2.05, 4.69) is 11.0 Å². The molecule has 1 fully saturated rings. The van der Waals surface area contributed by atoms with Crippen LogP contribution in [0, 0.1) is 5.92 Å². The Balaban J connectivity index is 1.95. The van der Waals surface area contributed by atoms with Crippen molar-refractivity contribution in [3.8, 4) is 11.5 Å². The molecule has 6 heteroatoms. The van der Waals surface area contributed by atoms with Crippen molar-refractivity contribution in [2.45, 2.75) is 51.7 Å². The molecule has 3 rings (SSSR count). The third-order valence-electron chi connectivity index (χ3n) is 6.71. The summed E-state index contributed by atoms with van der Waals surface area (Å²) in [4.78, 5) is 17.4. The highest BCUT2D eigenvalue weighted by atomic mass is 16.5. The zero-order valence-electron chi connectivity index (χ0n) is 17.8. The Morgan fingerprint density at radius 1 is 1.21 bits per heavy atom. The van der Waals surface area contributed by atoms with E-state index in [1.807, 2.05) is 31.7 Å². The number of carbonyl (C=O) groups excluding carboxylic acids is 1. The average molecular weight is 391 g/mol. The molecule has 6 nitrogen and oxygen atoms in total. The highest BCUT2D eigenvalue weighted by Crippen LogP contribution is 2.47. The Kier molecular flexibility index (Phi) is 6.20. The highest BCUT2D eigenvalue weighted by Gasteiger charge is 2.50. The molecular weight excluding hydrogens is 356 g/mol. The first kappa shape index (κ1) is 20.9. The van der Waals surface area contributed by atoms with Crippen molar-refractivity contribution in [2.75, 3.05) is 40.4 Å². The maximum absolute atomic E-state index is 13.1. The van der Waals surface area contributed by atoms with Gasteiger partial charge in [0.05, 0.1) is 25.7 Å². The number of hydrogen-bond acceptors (Lipinski definition) is 5. The van der Waals surface area contributed by atoms with Gasteiger partial charge in [0.1, 0.15) is 0 Å². The van der Waals surface area contributed by atoms with Gasteiger partial charge >= 0.3 is 0 Å². The topological polar surface area (TPSA) is 62.2 Å². The third-order valence-corrected chi connectivity index (χ3v) is 6.71. The van der Waals surface area contributed by atoms with Crippen LogP contribution in [0.3, 0.4) is 0 Å². The van der Waals surface area contributed by atoms with Gasteiger partial charge in [0.25, 0.3) is 0 Å². The summed E-state index contributed by atoms with van der Waals surface area (Å²) in [5.74, 6) is 1.15. The molecule has 0 radical (unpaired) electrons. The van der Waals surface area contributed by atoms with Gasteiger partial charge in [-0.1, -0.05) is 6.92 Å². The predicted octanol–water partition coefficient (Wildman–Crippen LogP) is 2.63. The average Bonchev–Trinajstić information content (AvgIpc) is 2.72. The van der Waals surface area contributed by atoms with Gasteiger partial charge in [-0.15, -0.1) is 0 Å². The first-order valence-corrected chi connectivity index (χ1v) is 10.4. The molecule has 1 aromatic rings. The summed E-state index contributed by atoms with van der Waals surface area (Å²) in [6.45, 7) is 8.80. The number of benzene rings is 1. The minimum absolute atomic E-state index is 0.0749. The molecule has 0 aromatic heterocycles. The minimum atomic E-state index is -0.997. The van der Waals surface area contributed by atoms with Crippen LogP contribution in [0.15, 0.2) is 12.1 Å². The van der Waals surface area contributed by atoms with Gasteiger partial charge in [0, 0.05) is 32.2 Å². The maximum atomic E-state index is 13.1. The van der Waals surface area contributed by atoms with Crippen molar-refractivity contribution in [1.82, 2.24) is 9.80 Å². The van der Waals surface area contributed by atoms with E-state index in [-0.39, 0.29) is 17.9 Å². The van der Waals surface area contributed by atoms with Gasteiger partial charge in [-0.3, -0.25) is 9.69 Å². The first-order valence-electron chi connectivity index (χ1n) is 10.4. The van der Waals surface area contributed by atoms with Gasteiger partial charge in [-0.25, -0.2) is 0 Å². The van der Waals surface area contributed by atoms with E-state index in [0.717, 1.165) is 18.7 Å². The number of methoxy groups -OCH3 is 2. The van der Waals surface area contributed by atoms with Crippen molar-refractivity contribution in [3.05, 3.63) is 23.3 Å². The number of piperidine rings is 1. The lowest BCUT2D eigenvalue weighted by Crippen LogP contribution is -2.59. The Hall–Kier alpha value is -1.79. The van der Waals surface area contributed by atoms with E-state index in [9.17, 15) is 9.90 Å². The largest absolute Gasteiger partial charge is 0.493 e. The molecule has 3 unspecified atom stereocenters. The summed E-state index contributed by atoms with van der Waals surface area (Å²) in [5.41, 5.74) is 1.43. The van der Waals surface area contributed by atoms with E-state index in [1.54, 1.807) is 14.2 Å². The second-order valence-corrected chi connectivity index (χ2v) is 7.89. The van der Waals surface area contributed by atoms with Gasteiger partial charge in [0.2, 0.25) is 5.91 Å². The third kappa shape index (κ3) is 3.48. The molecule has 2 aliphatic rings. The Bertz CT molecular complexity index is 719. The minimum Gasteiger partial charge on any atom is -0.493 e. The van der Waals surface area contributed by atoms with E-state index >= 15 is 0 Å². The summed E-state index contributed by atoms with van der Waals surface area (Å²) in [7, 11) is 3.30. The van der Waals surface area contributed by atoms with Gasteiger partial charge < -0.3 is 19.5 Å². The van der Waals surface area contributed by atoms with Crippen LogP contribution in [-0.2, 0) is 11.2 Å². The van der Waals surface area contributed by atoms with E-state index in [4.69, 9.17) is 9.47 Å². The zero-order chi connectivity index (χ0) is 20.5. The van der Waals surface area contributed by atoms with Crippen LogP contribution in [-0.4, -0.2) is 66.8 Å². The summed E-state index contributed by atoms with van der Waals surface area (Å²) < 4.78 is 11.0. The number of fused-ring (bicyclic) bond motifs is 3. The molecule has 0 saturated carbocycles. The van der Waals surface area contributed by atoms with Crippen molar-refractivity contribution in [1.29, 1.82) is 0 Å². The van der Waals surface area contributed by atoms with Crippen LogP contribution in [0.5, 0.6) is 11.5 Å². The monoisotopic (exact) mass is 390 g/mol. The number of nitrogens with zero attached hydrogens (tertiary/aromatic N) is 2. The number of rotatable bonds is 6. The fraction of sp³-hybridized carbons (Fsp3) is 0.682. The number of hydrogen-bond donors (Lipinski definition) is 1. The summed E-state index contributed by atoms with van der Waals surface area (Å²) >= 11 is 0. The number of aliphatic hydroxyl groups is 1. The Morgan fingerprint density at radius 3 is 2.43 bits per heavy atom. The van der Waals surface area contributed by atoms with Crippen LogP contribution < -0.4 is 9.47 Å². The fourth-order valence-electron chi connectivity index (χ4n) is 4.87. The first-order chi connectivity index (χ1) is 13.4. The molecular formula is C22H34N2O4. The lowest BCUT2D eigenvalue weighted by Gasteiger charge is -2.51. The predicted molar refractivity (Wildman–Crippen MR) is 109 cm³/mol.